The molecular weight excluding hydrogens is 641 g/mol. The first-order valence-electron chi connectivity index (χ1n) is 14.6. The molecule has 4 aliphatic carbocycles. The monoisotopic (exact) mass is 664 g/mol. The third kappa shape index (κ3) is 6.08. The Hall–Kier alpha value is -5.44. The van der Waals surface area contributed by atoms with Crippen LogP contribution >= 0.6 is 34.0 Å². The fraction of sp³-hybridized carbons (Fsp3) is 0.0500. The van der Waals surface area contributed by atoms with Crippen LogP contribution in [0.1, 0.15) is 41.6 Å². The number of esters is 2. The van der Waals surface area contributed by atoms with Crippen molar-refractivity contribution in [3.63, 3.8) is 0 Å². The zero-order chi connectivity index (χ0) is 32.3. The second-order valence-corrected chi connectivity index (χ2v) is 13.6. The van der Waals surface area contributed by atoms with Crippen LogP contribution in [0.15, 0.2) is 109 Å². The van der Waals surface area contributed by atoms with Gasteiger partial charge < -0.3 is 9.47 Å². The standard InChI is InChI=1S/C40H24O4S3/c1-43-39(41)33-23-25(29-9-5-3-7-11-31(29)33)13-15-27-17-19-35(45-27)37-21-22-38(47-37)36-20-18-28(46-36)16-14-26-24-34(40(42)44-2)32-12-8-4-6-10-30(26)32/h3-12,17-24H,1-2H3. The molecule has 0 N–H and O–H groups in total. The summed E-state index contributed by atoms with van der Waals surface area (Å²) in [5.41, 5.74) is 6.13. The van der Waals surface area contributed by atoms with E-state index in [1.165, 1.54) is 24.0 Å². The summed E-state index contributed by atoms with van der Waals surface area (Å²) in [4.78, 5) is 31.3. The zero-order valence-corrected chi connectivity index (χ0v) is 27.7. The van der Waals surface area contributed by atoms with Gasteiger partial charge in [-0.25, -0.2) is 9.59 Å². The number of fused-ring (bicyclic) bond motifs is 2. The minimum absolute atomic E-state index is 0.370. The van der Waals surface area contributed by atoms with Crippen molar-refractivity contribution in [3.8, 4) is 65.4 Å². The molecule has 7 heteroatoms. The molecule has 0 amide bonds. The predicted molar refractivity (Wildman–Crippen MR) is 192 cm³/mol. The minimum atomic E-state index is -0.370. The molecule has 0 saturated heterocycles. The lowest BCUT2D eigenvalue weighted by Gasteiger charge is -1.98. The molecule has 0 aromatic carbocycles. The third-order valence-corrected chi connectivity index (χ3v) is 11.0. The molecular formula is C40H24O4S3. The van der Waals surface area contributed by atoms with Gasteiger partial charge >= 0.3 is 11.9 Å². The molecule has 3 aromatic heterocycles. The first-order chi connectivity index (χ1) is 23.0. The van der Waals surface area contributed by atoms with E-state index in [0.29, 0.717) is 11.1 Å². The van der Waals surface area contributed by atoms with Crippen molar-refractivity contribution in [1.82, 2.24) is 0 Å². The van der Waals surface area contributed by atoms with Gasteiger partial charge in [-0.15, -0.1) is 34.0 Å². The number of carbonyl (C=O) groups is 2. The van der Waals surface area contributed by atoms with E-state index >= 15 is 0 Å². The highest BCUT2D eigenvalue weighted by atomic mass is 32.1. The second-order valence-electron chi connectivity index (χ2n) is 10.4. The average molecular weight is 665 g/mol. The van der Waals surface area contributed by atoms with Gasteiger partial charge in [0, 0.05) is 30.6 Å². The molecule has 47 heavy (non-hydrogen) atoms. The van der Waals surface area contributed by atoms with Crippen LogP contribution in [0, 0.1) is 23.7 Å². The highest BCUT2D eigenvalue weighted by Gasteiger charge is 2.20. The summed E-state index contributed by atoms with van der Waals surface area (Å²) in [5.74, 6) is 12.4. The third-order valence-electron chi connectivity index (χ3n) is 7.57. The number of hydrogen-bond acceptors (Lipinski definition) is 7. The Morgan fingerprint density at radius 2 is 0.851 bits per heavy atom. The maximum Gasteiger partial charge on any atom is 0.338 e. The van der Waals surface area contributed by atoms with Crippen LogP contribution in [0.25, 0.3) is 41.8 Å². The lowest BCUT2D eigenvalue weighted by molar-refractivity contribution is 0.0593. The largest absolute Gasteiger partial charge is 0.465 e. The molecule has 7 rings (SSSR count). The molecule has 0 radical (unpaired) electrons. The molecule has 3 heterocycles. The van der Waals surface area contributed by atoms with E-state index < -0.39 is 0 Å². The Kier molecular flexibility index (Phi) is 8.44. The predicted octanol–water partition coefficient (Wildman–Crippen LogP) is 9.79. The van der Waals surface area contributed by atoms with Crippen molar-refractivity contribution >= 4 is 45.9 Å². The minimum Gasteiger partial charge on any atom is -0.465 e. The second kappa shape index (κ2) is 13.1. The topological polar surface area (TPSA) is 52.6 Å². The van der Waals surface area contributed by atoms with Gasteiger partial charge in [-0.1, -0.05) is 84.3 Å². The lowest BCUT2D eigenvalue weighted by atomic mass is 10.1. The van der Waals surface area contributed by atoms with Crippen molar-refractivity contribution in [3.05, 3.63) is 141 Å². The Morgan fingerprint density at radius 1 is 0.468 bits per heavy atom. The van der Waals surface area contributed by atoms with Crippen LogP contribution in [0.3, 0.4) is 0 Å². The van der Waals surface area contributed by atoms with Gasteiger partial charge in [0.25, 0.3) is 0 Å². The van der Waals surface area contributed by atoms with Crippen molar-refractivity contribution in [1.29, 1.82) is 0 Å². The van der Waals surface area contributed by atoms with Crippen LogP contribution in [0.5, 0.6) is 0 Å². The van der Waals surface area contributed by atoms with E-state index in [9.17, 15) is 9.59 Å². The van der Waals surface area contributed by atoms with Gasteiger partial charge in [-0.3, -0.25) is 0 Å². The number of methoxy groups -OCH3 is 2. The van der Waals surface area contributed by atoms with Gasteiger partial charge in [0.2, 0.25) is 0 Å². The number of ether oxygens (including phenoxy) is 2. The summed E-state index contributed by atoms with van der Waals surface area (Å²) in [6.45, 7) is 0. The van der Waals surface area contributed by atoms with E-state index in [2.05, 4.69) is 47.9 Å². The van der Waals surface area contributed by atoms with E-state index in [1.54, 1.807) is 34.0 Å². The summed E-state index contributed by atoms with van der Waals surface area (Å²) >= 11 is 5.03. The molecule has 0 unspecified atom stereocenters. The van der Waals surface area contributed by atoms with Gasteiger partial charge in [0.15, 0.2) is 0 Å². The summed E-state index contributed by atoms with van der Waals surface area (Å²) in [5, 5.41) is 0. The molecule has 4 nitrogen and oxygen atoms in total. The molecule has 0 spiro atoms. The van der Waals surface area contributed by atoms with E-state index in [1.807, 2.05) is 84.9 Å². The molecule has 0 fully saturated rings. The Labute approximate surface area is 284 Å². The fourth-order valence-electron chi connectivity index (χ4n) is 5.33. The summed E-state index contributed by atoms with van der Waals surface area (Å²) in [7, 11) is 2.78. The molecule has 0 aliphatic heterocycles. The van der Waals surface area contributed by atoms with Crippen LogP contribution < -0.4 is 0 Å². The Bertz CT molecular complexity index is 2180. The number of thiophene rings is 3. The van der Waals surface area contributed by atoms with Gasteiger partial charge in [0.1, 0.15) is 0 Å². The van der Waals surface area contributed by atoms with E-state index in [-0.39, 0.29) is 11.9 Å². The average Bonchev–Trinajstić information content (AvgIpc) is 3.91. The first-order valence-corrected chi connectivity index (χ1v) is 17.0. The summed E-state index contributed by atoms with van der Waals surface area (Å²) in [6, 6.07) is 35.6. The molecule has 3 aromatic rings. The maximum atomic E-state index is 12.4. The SMILES string of the molecule is COC(=O)c1cc(C#Cc2ccc(-c3ccc(-c4ccc(C#Cc5cc(C(=O)OC)c6cccccc5-6)s4)s3)s2)c2cccccc1-2. The summed E-state index contributed by atoms with van der Waals surface area (Å²) in [6.07, 6.45) is 0. The molecule has 0 bridgehead atoms. The van der Waals surface area contributed by atoms with Gasteiger partial charge in [0.05, 0.1) is 35.1 Å². The smallest absolute Gasteiger partial charge is 0.338 e. The van der Waals surface area contributed by atoms with Crippen molar-refractivity contribution < 1.29 is 19.1 Å². The molecule has 4 aliphatic rings. The number of carbonyl (C=O) groups excluding carboxylic acids is 2. The molecule has 226 valence electrons. The quantitative estimate of drug-likeness (QED) is 0.139. The highest BCUT2D eigenvalue weighted by molar-refractivity contribution is 7.26. The Balaban J connectivity index is 1.10. The van der Waals surface area contributed by atoms with Crippen molar-refractivity contribution in [2.75, 3.05) is 14.2 Å². The van der Waals surface area contributed by atoms with Gasteiger partial charge in [-0.2, -0.15) is 0 Å². The number of rotatable bonds is 4. The normalized spacial score (nSPS) is 10.6. The number of hydrogen-bond donors (Lipinski definition) is 0. The first kappa shape index (κ1) is 30.2. The van der Waals surface area contributed by atoms with Crippen LogP contribution in [0.2, 0.25) is 0 Å². The maximum absolute atomic E-state index is 12.4. The lowest BCUT2D eigenvalue weighted by Crippen LogP contribution is -1.99. The van der Waals surface area contributed by atoms with Crippen LogP contribution in [0.4, 0.5) is 0 Å². The zero-order valence-electron chi connectivity index (χ0n) is 25.3. The Morgan fingerprint density at radius 3 is 1.28 bits per heavy atom. The molecule has 0 atom stereocenters. The van der Waals surface area contributed by atoms with E-state index in [4.69, 9.17) is 9.47 Å². The van der Waals surface area contributed by atoms with Gasteiger partial charge in [-0.05, 0) is 70.8 Å². The van der Waals surface area contributed by atoms with Crippen LogP contribution in [-0.2, 0) is 9.47 Å². The highest BCUT2D eigenvalue weighted by Crippen LogP contribution is 2.40. The van der Waals surface area contributed by atoms with Crippen LogP contribution in [-0.4, -0.2) is 26.2 Å². The van der Waals surface area contributed by atoms with E-state index in [0.717, 1.165) is 52.9 Å². The summed E-state index contributed by atoms with van der Waals surface area (Å²) < 4.78 is 9.99. The fourth-order valence-corrected chi connectivity index (χ4v) is 8.24. The van der Waals surface area contributed by atoms with Crippen molar-refractivity contribution in [2.45, 2.75) is 0 Å². The van der Waals surface area contributed by atoms with Crippen molar-refractivity contribution in [2.24, 2.45) is 0 Å². The molecule has 0 saturated carbocycles.